The zero-order valence-electron chi connectivity index (χ0n) is 11.3. The van der Waals surface area contributed by atoms with Crippen LogP contribution in [0.1, 0.15) is 16.7 Å². The molecule has 0 unspecified atom stereocenters. The lowest BCUT2D eigenvalue weighted by atomic mass is 10.1. The van der Waals surface area contributed by atoms with Crippen LogP contribution in [0.15, 0.2) is 60.7 Å². The first-order valence-corrected chi connectivity index (χ1v) is 6.57. The van der Waals surface area contributed by atoms with Gasteiger partial charge >= 0.3 is 0 Å². The molecular formula is C17H18N2O. The second-order valence-corrected chi connectivity index (χ2v) is 4.43. The van der Waals surface area contributed by atoms with Gasteiger partial charge in [0.1, 0.15) is 0 Å². The van der Waals surface area contributed by atoms with Crippen LogP contribution < -0.4 is 11.1 Å². The zero-order valence-corrected chi connectivity index (χ0v) is 11.3. The Bertz CT molecular complexity index is 591. The summed E-state index contributed by atoms with van der Waals surface area (Å²) < 4.78 is 0. The predicted octanol–water partition coefficient (Wildman–Crippen LogP) is 2.47. The van der Waals surface area contributed by atoms with Crippen molar-refractivity contribution in [3.63, 3.8) is 0 Å². The molecule has 0 saturated heterocycles. The molecule has 2 rings (SSSR count). The van der Waals surface area contributed by atoms with Gasteiger partial charge in [-0.05, 0) is 22.8 Å². The molecule has 0 aliphatic rings. The normalized spacial score (nSPS) is 10.7. The van der Waals surface area contributed by atoms with E-state index in [1.165, 1.54) is 0 Å². The molecule has 0 atom stereocenters. The molecule has 20 heavy (non-hydrogen) atoms. The van der Waals surface area contributed by atoms with E-state index < -0.39 is 0 Å². The van der Waals surface area contributed by atoms with Crippen LogP contribution in [0.5, 0.6) is 0 Å². The van der Waals surface area contributed by atoms with Crippen LogP contribution in [0.4, 0.5) is 0 Å². The first-order chi connectivity index (χ1) is 9.79. The predicted molar refractivity (Wildman–Crippen MR) is 81.7 cm³/mol. The van der Waals surface area contributed by atoms with Crippen LogP contribution in [-0.2, 0) is 17.9 Å². The van der Waals surface area contributed by atoms with Crippen molar-refractivity contribution in [2.45, 2.75) is 13.1 Å². The first-order valence-electron chi connectivity index (χ1n) is 6.57. The molecule has 3 nitrogen and oxygen atoms in total. The summed E-state index contributed by atoms with van der Waals surface area (Å²) in [6, 6.07) is 17.6. The summed E-state index contributed by atoms with van der Waals surface area (Å²) in [5, 5.41) is 2.86. The van der Waals surface area contributed by atoms with E-state index in [4.69, 9.17) is 5.73 Å². The fourth-order valence-corrected chi connectivity index (χ4v) is 1.91. The number of hydrogen-bond acceptors (Lipinski definition) is 2. The van der Waals surface area contributed by atoms with Gasteiger partial charge in [-0.1, -0.05) is 54.6 Å². The largest absolute Gasteiger partial charge is 0.348 e. The Balaban J connectivity index is 1.91. The SMILES string of the molecule is NCc1ccccc1CNC(=O)C=Cc1ccccc1. The number of benzene rings is 2. The van der Waals surface area contributed by atoms with Crippen molar-refractivity contribution in [3.8, 4) is 0 Å². The van der Waals surface area contributed by atoms with Gasteiger partial charge in [0.05, 0.1) is 0 Å². The highest BCUT2D eigenvalue weighted by atomic mass is 16.1. The van der Waals surface area contributed by atoms with E-state index in [0.29, 0.717) is 13.1 Å². The fourth-order valence-electron chi connectivity index (χ4n) is 1.91. The van der Waals surface area contributed by atoms with Crippen LogP contribution in [0.2, 0.25) is 0 Å². The Morgan fingerprint density at radius 3 is 2.35 bits per heavy atom. The molecule has 102 valence electrons. The van der Waals surface area contributed by atoms with Gasteiger partial charge in [-0.25, -0.2) is 0 Å². The zero-order chi connectivity index (χ0) is 14.2. The fraction of sp³-hybridized carbons (Fsp3) is 0.118. The summed E-state index contributed by atoms with van der Waals surface area (Å²) in [5.41, 5.74) is 8.78. The summed E-state index contributed by atoms with van der Waals surface area (Å²) in [4.78, 5) is 11.8. The average Bonchev–Trinajstić information content (AvgIpc) is 2.52. The van der Waals surface area contributed by atoms with Crippen molar-refractivity contribution in [3.05, 3.63) is 77.4 Å². The van der Waals surface area contributed by atoms with E-state index >= 15 is 0 Å². The number of nitrogens with two attached hydrogens (primary N) is 1. The number of rotatable bonds is 5. The molecule has 0 spiro atoms. The van der Waals surface area contributed by atoms with Gasteiger partial charge in [0.15, 0.2) is 0 Å². The third-order valence-electron chi connectivity index (χ3n) is 3.02. The van der Waals surface area contributed by atoms with E-state index in [1.807, 2.05) is 54.6 Å². The molecule has 0 bridgehead atoms. The maximum atomic E-state index is 11.8. The summed E-state index contributed by atoms with van der Waals surface area (Å²) >= 11 is 0. The van der Waals surface area contributed by atoms with Crippen LogP contribution in [0.25, 0.3) is 6.08 Å². The molecule has 2 aromatic carbocycles. The molecule has 0 heterocycles. The standard InChI is InChI=1S/C17H18N2O/c18-12-15-8-4-5-9-16(15)13-19-17(20)11-10-14-6-2-1-3-7-14/h1-11H,12-13,18H2,(H,19,20). The maximum absolute atomic E-state index is 11.8. The topological polar surface area (TPSA) is 55.1 Å². The van der Waals surface area contributed by atoms with Gasteiger partial charge in [0, 0.05) is 19.2 Å². The number of hydrogen-bond donors (Lipinski definition) is 2. The van der Waals surface area contributed by atoms with Crippen molar-refractivity contribution in [1.82, 2.24) is 5.32 Å². The van der Waals surface area contributed by atoms with Crippen LogP contribution in [0, 0.1) is 0 Å². The van der Waals surface area contributed by atoms with E-state index in [-0.39, 0.29) is 5.91 Å². The second-order valence-electron chi connectivity index (χ2n) is 4.43. The maximum Gasteiger partial charge on any atom is 0.244 e. The Morgan fingerprint density at radius 1 is 1.00 bits per heavy atom. The lowest BCUT2D eigenvalue weighted by molar-refractivity contribution is -0.116. The van der Waals surface area contributed by atoms with Gasteiger partial charge < -0.3 is 11.1 Å². The highest BCUT2D eigenvalue weighted by Gasteiger charge is 2.01. The van der Waals surface area contributed by atoms with Crippen molar-refractivity contribution in [2.75, 3.05) is 0 Å². The molecule has 3 N–H and O–H groups in total. The summed E-state index contributed by atoms with van der Waals surface area (Å²) in [5.74, 6) is -0.110. The van der Waals surface area contributed by atoms with Gasteiger partial charge in [-0.3, -0.25) is 4.79 Å². The quantitative estimate of drug-likeness (QED) is 0.817. The second kappa shape index (κ2) is 7.26. The van der Waals surface area contributed by atoms with Gasteiger partial charge in [0.25, 0.3) is 0 Å². The average molecular weight is 266 g/mol. The first kappa shape index (κ1) is 14.0. The molecule has 0 aromatic heterocycles. The molecule has 1 amide bonds. The molecule has 0 aliphatic heterocycles. The van der Waals surface area contributed by atoms with Crippen molar-refractivity contribution >= 4 is 12.0 Å². The van der Waals surface area contributed by atoms with Gasteiger partial charge in [-0.15, -0.1) is 0 Å². The Morgan fingerprint density at radius 2 is 1.65 bits per heavy atom. The van der Waals surface area contributed by atoms with Crippen LogP contribution >= 0.6 is 0 Å². The molecular weight excluding hydrogens is 248 g/mol. The molecule has 0 aliphatic carbocycles. The van der Waals surface area contributed by atoms with Gasteiger partial charge in [0.2, 0.25) is 5.91 Å². The van der Waals surface area contributed by atoms with Crippen molar-refractivity contribution in [1.29, 1.82) is 0 Å². The van der Waals surface area contributed by atoms with E-state index in [1.54, 1.807) is 12.2 Å². The number of carbonyl (C=O) groups excluding carboxylic acids is 1. The summed E-state index contributed by atoms with van der Waals surface area (Å²) in [6.45, 7) is 0.969. The van der Waals surface area contributed by atoms with Crippen molar-refractivity contribution < 1.29 is 4.79 Å². The minimum atomic E-state index is -0.110. The minimum Gasteiger partial charge on any atom is -0.348 e. The number of carbonyl (C=O) groups is 1. The molecule has 0 saturated carbocycles. The third-order valence-corrected chi connectivity index (χ3v) is 3.02. The highest BCUT2D eigenvalue weighted by molar-refractivity contribution is 5.91. The monoisotopic (exact) mass is 266 g/mol. The van der Waals surface area contributed by atoms with E-state index in [2.05, 4.69) is 5.32 Å². The summed E-state index contributed by atoms with van der Waals surface area (Å²) in [7, 11) is 0. The lowest BCUT2D eigenvalue weighted by Crippen LogP contribution is -2.21. The minimum absolute atomic E-state index is 0.110. The smallest absolute Gasteiger partial charge is 0.244 e. The van der Waals surface area contributed by atoms with Gasteiger partial charge in [-0.2, -0.15) is 0 Å². The number of nitrogens with one attached hydrogen (secondary N) is 1. The van der Waals surface area contributed by atoms with Crippen LogP contribution in [-0.4, -0.2) is 5.91 Å². The van der Waals surface area contributed by atoms with Crippen LogP contribution in [0.3, 0.4) is 0 Å². The molecule has 0 fully saturated rings. The molecule has 2 aromatic rings. The highest BCUT2D eigenvalue weighted by Crippen LogP contribution is 2.07. The summed E-state index contributed by atoms with van der Waals surface area (Å²) in [6.07, 6.45) is 3.34. The Hall–Kier alpha value is -2.39. The lowest BCUT2D eigenvalue weighted by Gasteiger charge is -2.07. The Labute approximate surface area is 119 Å². The number of amides is 1. The Kier molecular flexibility index (Phi) is 5.09. The van der Waals surface area contributed by atoms with E-state index in [9.17, 15) is 4.79 Å². The third kappa shape index (κ3) is 4.07. The molecule has 0 radical (unpaired) electrons. The van der Waals surface area contributed by atoms with Crippen molar-refractivity contribution in [2.24, 2.45) is 5.73 Å². The molecule has 3 heteroatoms. The van der Waals surface area contributed by atoms with E-state index in [0.717, 1.165) is 16.7 Å².